The Balaban J connectivity index is 1.69. The molecular weight excluding hydrogens is 564 g/mol. The smallest absolute Gasteiger partial charge is 0.271 e. The fraction of sp³-hybridized carbons (Fsp3) is 0. The van der Waals surface area contributed by atoms with Crippen LogP contribution in [0.25, 0.3) is 0 Å². The topological polar surface area (TPSA) is 103 Å². The highest BCUT2D eigenvalue weighted by atomic mass is 79.9. The summed E-state index contributed by atoms with van der Waals surface area (Å²) >= 11 is 12.7. The third-order valence-electron chi connectivity index (χ3n) is 4.05. The Morgan fingerprint density at radius 1 is 0.812 bits per heavy atom. The van der Waals surface area contributed by atoms with Crippen molar-refractivity contribution in [1.82, 2.24) is 10.9 Å². The summed E-state index contributed by atoms with van der Waals surface area (Å²) in [6.45, 7) is 0. The van der Waals surface area contributed by atoms with Crippen molar-refractivity contribution in [2.45, 2.75) is 0 Å². The zero-order chi connectivity index (χ0) is 23.1. The van der Waals surface area contributed by atoms with Crippen molar-refractivity contribution in [1.29, 1.82) is 0 Å². The third-order valence-corrected chi connectivity index (χ3v) is 5.25. The van der Waals surface area contributed by atoms with Crippen LogP contribution in [0.5, 0.6) is 5.75 Å². The van der Waals surface area contributed by atoms with E-state index >= 15 is 0 Å². The van der Waals surface area contributed by atoms with Crippen molar-refractivity contribution in [2.75, 3.05) is 0 Å². The van der Waals surface area contributed by atoms with Crippen LogP contribution in [0, 0.1) is 0 Å². The van der Waals surface area contributed by atoms with E-state index in [1.165, 1.54) is 24.6 Å². The molecule has 3 rings (SSSR count). The third kappa shape index (κ3) is 6.49. The van der Waals surface area contributed by atoms with E-state index < -0.39 is 11.8 Å². The molecule has 3 aromatic carbocycles. The number of hydrazone groups is 2. The van der Waals surface area contributed by atoms with Gasteiger partial charge in [-0.3, -0.25) is 9.59 Å². The van der Waals surface area contributed by atoms with E-state index in [-0.39, 0.29) is 16.9 Å². The highest BCUT2D eigenvalue weighted by Gasteiger charge is 2.09. The van der Waals surface area contributed by atoms with Gasteiger partial charge in [-0.05, 0) is 48.5 Å². The highest BCUT2D eigenvalue weighted by molar-refractivity contribution is 9.10. The molecule has 0 aliphatic rings. The summed E-state index contributed by atoms with van der Waals surface area (Å²) in [6, 6.07) is 16.6. The molecule has 0 fully saturated rings. The van der Waals surface area contributed by atoms with Crippen LogP contribution in [-0.4, -0.2) is 29.4 Å². The number of phenolic OH excluding ortho intramolecular Hbond substituents is 1. The lowest BCUT2D eigenvalue weighted by Crippen LogP contribution is -2.17. The number of benzene rings is 3. The lowest BCUT2D eigenvalue weighted by atomic mass is 10.1. The minimum absolute atomic E-state index is 0.171. The summed E-state index contributed by atoms with van der Waals surface area (Å²) in [7, 11) is 0. The number of nitrogens with zero attached hydrogens (tertiary/aromatic N) is 2. The van der Waals surface area contributed by atoms with E-state index in [9.17, 15) is 14.7 Å². The van der Waals surface area contributed by atoms with Gasteiger partial charge in [-0.15, -0.1) is 0 Å². The predicted octanol–water partition coefficient (Wildman–Crippen LogP) is 5.10. The molecule has 162 valence electrons. The average molecular weight is 579 g/mol. The molecule has 0 unspecified atom stereocenters. The van der Waals surface area contributed by atoms with Crippen LogP contribution >= 0.6 is 43.5 Å². The van der Waals surface area contributed by atoms with Gasteiger partial charge in [0.2, 0.25) is 0 Å². The quantitative estimate of drug-likeness (QED) is 0.280. The molecule has 0 bridgehead atoms. The average Bonchev–Trinajstić information content (AvgIpc) is 2.76. The molecule has 0 spiro atoms. The van der Waals surface area contributed by atoms with Gasteiger partial charge in [-0.25, -0.2) is 10.9 Å². The first-order chi connectivity index (χ1) is 15.3. The second kappa shape index (κ2) is 11.0. The SMILES string of the molecule is O=C(N/N=C\c1cc(Cl)cc(/C=N/NC(=O)c2cccc(Br)c2)c1O)c1cccc(Br)c1. The molecule has 0 saturated carbocycles. The van der Waals surface area contributed by atoms with Gasteiger partial charge in [0.15, 0.2) is 0 Å². The molecule has 3 aromatic rings. The van der Waals surface area contributed by atoms with Gasteiger partial charge in [-0.1, -0.05) is 55.6 Å². The first-order valence-electron chi connectivity index (χ1n) is 9.04. The maximum absolute atomic E-state index is 12.2. The summed E-state index contributed by atoms with van der Waals surface area (Å²) in [5.41, 5.74) is 6.11. The van der Waals surface area contributed by atoms with Gasteiger partial charge in [0.25, 0.3) is 11.8 Å². The van der Waals surface area contributed by atoms with E-state index in [0.29, 0.717) is 16.1 Å². The van der Waals surface area contributed by atoms with Gasteiger partial charge in [0.05, 0.1) is 12.4 Å². The maximum Gasteiger partial charge on any atom is 0.271 e. The molecule has 32 heavy (non-hydrogen) atoms. The van der Waals surface area contributed by atoms with Crippen molar-refractivity contribution >= 4 is 67.7 Å². The largest absolute Gasteiger partial charge is 0.507 e. The summed E-state index contributed by atoms with van der Waals surface area (Å²) in [5, 5.41) is 18.5. The Morgan fingerprint density at radius 3 is 1.66 bits per heavy atom. The molecular formula is C22H15Br2ClN4O3. The number of rotatable bonds is 6. The monoisotopic (exact) mass is 576 g/mol. The summed E-state index contributed by atoms with van der Waals surface area (Å²) < 4.78 is 1.52. The maximum atomic E-state index is 12.2. The number of carbonyl (C=O) groups is 2. The van der Waals surface area contributed by atoms with Gasteiger partial charge < -0.3 is 5.11 Å². The molecule has 7 nitrogen and oxygen atoms in total. The Labute approximate surface area is 205 Å². The van der Waals surface area contributed by atoms with Gasteiger partial charge in [0.1, 0.15) is 5.75 Å². The number of hydrogen-bond donors (Lipinski definition) is 3. The van der Waals surface area contributed by atoms with Crippen molar-refractivity contribution in [3.05, 3.63) is 96.9 Å². The molecule has 0 aliphatic carbocycles. The molecule has 0 heterocycles. The van der Waals surface area contributed by atoms with Crippen LogP contribution in [0.3, 0.4) is 0 Å². The number of nitrogens with one attached hydrogen (secondary N) is 2. The normalized spacial score (nSPS) is 11.1. The van der Waals surface area contributed by atoms with Crippen LogP contribution < -0.4 is 10.9 Å². The molecule has 0 aromatic heterocycles. The number of phenols is 1. The first-order valence-corrected chi connectivity index (χ1v) is 11.0. The second-order valence-corrected chi connectivity index (χ2v) is 8.62. The molecule has 10 heteroatoms. The molecule has 0 atom stereocenters. The van der Waals surface area contributed by atoms with Crippen LogP contribution in [-0.2, 0) is 0 Å². The number of carbonyl (C=O) groups excluding carboxylic acids is 2. The van der Waals surface area contributed by atoms with E-state index in [0.717, 1.165) is 8.95 Å². The molecule has 0 radical (unpaired) electrons. The Morgan fingerprint density at radius 2 is 1.25 bits per heavy atom. The Bertz CT molecular complexity index is 1140. The summed E-state index contributed by atoms with van der Waals surface area (Å²) in [4.78, 5) is 24.3. The lowest BCUT2D eigenvalue weighted by molar-refractivity contribution is 0.0947. The van der Waals surface area contributed by atoms with Crippen LogP contribution in [0.15, 0.2) is 79.8 Å². The molecule has 3 N–H and O–H groups in total. The standard InChI is InChI=1S/C22H15Br2ClN4O3/c23-17-5-1-3-13(7-17)21(31)28-26-11-15-9-19(25)10-16(20(15)30)12-27-29-22(32)14-4-2-6-18(24)8-14/h1-12,30H,(H,28,31)(H,29,32)/b26-11-,27-12+. The van der Waals surface area contributed by atoms with Crippen molar-refractivity contribution < 1.29 is 14.7 Å². The second-order valence-electron chi connectivity index (χ2n) is 6.35. The van der Waals surface area contributed by atoms with Gasteiger partial charge >= 0.3 is 0 Å². The molecule has 2 amide bonds. The minimum atomic E-state index is -0.416. The number of aromatic hydroxyl groups is 1. The predicted molar refractivity (Wildman–Crippen MR) is 132 cm³/mol. The number of amides is 2. The lowest BCUT2D eigenvalue weighted by Gasteiger charge is -2.05. The van der Waals surface area contributed by atoms with Crippen LogP contribution in [0.2, 0.25) is 5.02 Å². The van der Waals surface area contributed by atoms with Crippen molar-refractivity contribution in [2.24, 2.45) is 10.2 Å². The summed E-state index contributed by atoms with van der Waals surface area (Å²) in [6.07, 6.45) is 2.52. The molecule has 0 aliphatic heterocycles. The minimum Gasteiger partial charge on any atom is -0.507 e. The number of halogens is 3. The van der Waals surface area contributed by atoms with Crippen LogP contribution in [0.1, 0.15) is 31.8 Å². The fourth-order valence-electron chi connectivity index (χ4n) is 2.55. The summed E-state index contributed by atoms with van der Waals surface area (Å²) in [5.74, 6) is -1.00. The number of hydrogen-bond acceptors (Lipinski definition) is 5. The van der Waals surface area contributed by atoms with E-state index in [1.54, 1.807) is 48.5 Å². The Kier molecular flexibility index (Phi) is 8.15. The van der Waals surface area contributed by atoms with Crippen LogP contribution in [0.4, 0.5) is 0 Å². The zero-order valence-electron chi connectivity index (χ0n) is 16.2. The van der Waals surface area contributed by atoms with Gasteiger partial charge in [-0.2, -0.15) is 10.2 Å². The highest BCUT2D eigenvalue weighted by Crippen LogP contribution is 2.24. The van der Waals surface area contributed by atoms with E-state index in [4.69, 9.17) is 11.6 Å². The fourth-order valence-corrected chi connectivity index (χ4v) is 3.58. The van der Waals surface area contributed by atoms with Crippen molar-refractivity contribution in [3.63, 3.8) is 0 Å². The Hall–Kier alpha value is -3.01. The van der Waals surface area contributed by atoms with E-state index in [2.05, 4.69) is 52.9 Å². The molecule has 0 saturated heterocycles. The van der Waals surface area contributed by atoms with E-state index in [1.807, 2.05) is 0 Å². The first kappa shape index (κ1) is 23.6. The van der Waals surface area contributed by atoms with Gasteiger partial charge in [0, 0.05) is 36.2 Å². The van der Waals surface area contributed by atoms with Crippen molar-refractivity contribution in [3.8, 4) is 5.75 Å². The zero-order valence-corrected chi connectivity index (χ0v) is 20.1.